The van der Waals surface area contributed by atoms with Gasteiger partial charge in [0, 0.05) is 25.2 Å². The Morgan fingerprint density at radius 3 is 2.11 bits per heavy atom. The number of likely N-dealkylation sites (tertiary alicyclic amines) is 1. The van der Waals surface area contributed by atoms with Crippen molar-refractivity contribution in [3.8, 4) is 5.75 Å². The van der Waals surface area contributed by atoms with Gasteiger partial charge >= 0.3 is 0 Å². The summed E-state index contributed by atoms with van der Waals surface area (Å²) in [4.78, 5) is 5.20. The summed E-state index contributed by atoms with van der Waals surface area (Å²) in [5, 5.41) is 0. The summed E-state index contributed by atoms with van der Waals surface area (Å²) in [6, 6.07) is 7.55. The maximum absolute atomic E-state index is 13.3. The standard InChI is InChI=1S/C21H35N3O3S/c1-22-15-13-17(14-16-22)23(2)20-7-5-6-8-21(20)24(3)28(25,26)19-11-9-18(27-4)10-12-19/h9-12,17,20-21H,5-8,13-16H2,1-4H3/t20-,21-/m0/s1. The Balaban J connectivity index is 1.78. The van der Waals surface area contributed by atoms with Crippen LogP contribution in [0.3, 0.4) is 0 Å². The molecule has 0 N–H and O–H groups in total. The summed E-state index contributed by atoms with van der Waals surface area (Å²) >= 11 is 0. The lowest BCUT2D eigenvalue weighted by atomic mass is 9.87. The molecule has 3 rings (SSSR count). The van der Waals surface area contributed by atoms with E-state index in [0.717, 1.165) is 45.2 Å². The molecule has 1 aliphatic heterocycles. The molecule has 1 heterocycles. The van der Waals surface area contributed by atoms with Gasteiger partial charge in [-0.1, -0.05) is 12.8 Å². The maximum atomic E-state index is 13.3. The Kier molecular flexibility index (Phi) is 7.02. The minimum Gasteiger partial charge on any atom is -0.497 e. The Morgan fingerprint density at radius 1 is 0.964 bits per heavy atom. The lowest BCUT2D eigenvalue weighted by Crippen LogP contribution is -2.56. The molecule has 28 heavy (non-hydrogen) atoms. The maximum Gasteiger partial charge on any atom is 0.243 e. The van der Waals surface area contributed by atoms with Crippen LogP contribution in [0.2, 0.25) is 0 Å². The van der Waals surface area contributed by atoms with Gasteiger partial charge in [0.25, 0.3) is 0 Å². The van der Waals surface area contributed by atoms with E-state index in [0.29, 0.717) is 16.7 Å². The van der Waals surface area contributed by atoms with E-state index in [2.05, 4.69) is 23.9 Å². The number of benzene rings is 1. The molecule has 0 bridgehead atoms. The number of methoxy groups -OCH3 is 1. The van der Waals surface area contributed by atoms with Crippen LogP contribution in [0.4, 0.5) is 0 Å². The second-order valence-electron chi connectivity index (χ2n) is 8.32. The SMILES string of the molecule is COc1ccc(S(=O)(=O)N(C)[C@H]2CCCC[C@@H]2N(C)C2CCN(C)CC2)cc1. The highest BCUT2D eigenvalue weighted by Crippen LogP contribution is 2.32. The highest BCUT2D eigenvalue weighted by atomic mass is 32.2. The molecule has 7 heteroatoms. The van der Waals surface area contributed by atoms with Crippen molar-refractivity contribution in [1.29, 1.82) is 0 Å². The molecule has 2 atom stereocenters. The number of sulfonamides is 1. The highest BCUT2D eigenvalue weighted by molar-refractivity contribution is 7.89. The largest absolute Gasteiger partial charge is 0.497 e. The van der Waals surface area contributed by atoms with E-state index in [1.54, 1.807) is 42.7 Å². The van der Waals surface area contributed by atoms with E-state index in [1.165, 1.54) is 6.42 Å². The number of hydrogen-bond donors (Lipinski definition) is 0. The first-order valence-electron chi connectivity index (χ1n) is 10.4. The summed E-state index contributed by atoms with van der Waals surface area (Å²) in [5.41, 5.74) is 0. The topological polar surface area (TPSA) is 53.1 Å². The second-order valence-corrected chi connectivity index (χ2v) is 10.3. The Labute approximate surface area is 170 Å². The molecule has 1 aliphatic carbocycles. The lowest BCUT2D eigenvalue weighted by Gasteiger charge is -2.46. The Morgan fingerprint density at radius 2 is 1.54 bits per heavy atom. The van der Waals surface area contributed by atoms with Crippen molar-refractivity contribution in [2.45, 2.75) is 61.5 Å². The van der Waals surface area contributed by atoms with Crippen LogP contribution in [-0.4, -0.2) is 82.0 Å². The van der Waals surface area contributed by atoms with Gasteiger partial charge in [0.15, 0.2) is 0 Å². The fraction of sp³-hybridized carbons (Fsp3) is 0.714. The summed E-state index contributed by atoms with van der Waals surface area (Å²) in [6.07, 6.45) is 6.57. The summed E-state index contributed by atoms with van der Waals surface area (Å²) in [6.45, 7) is 2.23. The third kappa shape index (κ3) is 4.53. The monoisotopic (exact) mass is 409 g/mol. The molecule has 158 valence electrons. The smallest absolute Gasteiger partial charge is 0.243 e. The minimum atomic E-state index is -3.53. The molecule has 6 nitrogen and oxygen atoms in total. The van der Waals surface area contributed by atoms with Gasteiger partial charge in [-0.25, -0.2) is 8.42 Å². The van der Waals surface area contributed by atoms with Gasteiger partial charge in [-0.3, -0.25) is 4.90 Å². The van der Waals surface area contributed by atoms with Crippen molar-refractivity contribution in [3.05, 3.63) is 24.3 Å². The molecular weight excluding hydrogens is 374 g/mol. The van der Waals surface area contributed by atoms with Gasteiger partial charge in [0.05, 0.1) is 12.0 Å². The van der Waals surface area contributed by atoms with Crippen molar-refractivity contribution in [2.75, 3.05) is 41.3 Å². The van der Waals surface area contributed by atoms with Crippen LogP contribution in [0.25, 0.3) is 0 Å². The van der Waals surface area contributed by atoms with Gasteiger partial charge in [-0.2, -0.15) is 4.31 Å². The van der Waals surface area contributed by atoms with Crippen molar-refractivity contribution in [1.82, 2.24) is 14.1 Å². The Hall–Kier alpha value is -1.15. The summed E-state index contributed by atoms with van der Waals surface area (Å²) < 4.78 is 33.3. The van der Waals surface area contributed by atoms with Crippen LogP contribution in [0.1, 0.15) is 38.5 Å². The van der Waals surface area contributed by atoms with E-state index < -0.39 is 10.0 Å². The van der Waals surface area contributed by atoms with E-state index in [9.17, 15) is 8.42 Å². The van der Waals surface area contributed by atoms with Crippen LogP contribution in [0.5, 0.6) is 5.75 Å². The van der Waals surface area contributed by atoms with Crippen molar-refractivity contribution < 1.29 is 13.2 Å². The van der Waals surface area contributed by atoms with Gasteiger partial charge < -0.3 is 9.64 Å². The average molecular weight is 410 g/mol. The number of piperidine rings is 1. The van der Waals surface area contributed by atoms with Crippen molar-refractivity contribution >= 4 is 10.0 Å². The summed E-state index contributed by atoms with van der Waals surface area (Å²) in [5.74, 6) is 0.666. The van der Waals surface area contributed by atoms with Gasteiger partial charge in [-0.05, 0) is 77.1 Å². The molecule has 2 fully saturated rings. The zero-order chi connectivity index (χ0) is 20.3. The molecule has 2 aliphatic rings. The van der Waals surface area contributed by atoms with Crippen molar-refractivity contribution in [3.63, 3.8) is 0 Å². The molecule has 0 radical (unpaired) electrons. The zero-order valence-corrected chi connectivity index (χ0v) is 18.5. The number of likely N-dealkylation sites (N-methyl/N-ethyl adjacent to an activating group) is 2. The van der Waals surface area contributed by atoms with E-state index >= 15 is 0 Å². The molecule has 1 aromatic carbocycles. The lowest BCUT2D eigenvalue weighted by molar-refractivity contribution is 0.0534. The van der Waals surface area contributed by atoms with Crippen LogP contribution in [-0.2, 0) is 10.0 Å². The average Bonchev–Trinajstić information content (AvgIpc) is 2.73. The van der Waals surface area contributed by atoms with Crippen LogP contribution < -0.4 is 4.74 Å². The molecule has 1 aromatic rings. The predicted molar refractivity (Wildman–Crippen MR) is 112 cm³/mol. The van der Waals surface area contributed by atoms with Gasteiger partial charge in [0.1, 0.15) is 5.75 Å². The van der Waals surface area contributed by atoms with Gasteiger partial charge in [-0.15, -0.1) is 0 Å². The molecule has 0 unspecified atom stereocenters. The number of hydrogen-bond acceptors (Lipinski definition) is 5. The summed E-state index contributed by atoms with van der Waals surface area (Å²) in [7, 11) is 4.19. The number of nitrogens with zero attached hydrogens (tertiary/aromatic N) is 3. The molecule has 1 saturated heterocycles. The van der Waals surface area contributed by atoms with E-state index in [4.69, 9.17) is 4.74 Å². The number of ether oxygens (including phenoxy) is 1. The third-order valence-corrected chi connectivity index (χ3v) is 8.58. The first-order valence-corrected chi connectivity index (χ1v) is 11.8. The second kappa shape index (κ2) is 9.11. The van der Waals surface area contributed by atoms with Crippen LogP contribution in [0.15, 0.2) is 29.2 Å². The zero-order valence-electron chi connectivity index (χ0n) is 17.7. The first-order chi connectivity index (χ1) is 13.3. The third-order valence-electron chi connectivity index (χ3n) is 6.68. The normalized spacial score (nSPS) is 25.4. The van der Waals surface area contributed by atoms with Gasteiger partial charge in [0.2, 0.25) is 10.0 Å². The Bertz CT molecular complexity index is 730. The molecular formula is C21H35N3O3S. The predicted octanol–water partition coefficient (Wildman–Crippen LogP) is 2.65. The fourth-order valence-electron chi connectivity index (χ4n) is 4.76. The molecule has 1 saturated carbocycles. The van der Waals surface area contributed by atoms with E-state index in [1.807, 2.05) is 0 Å². The van der Waals surface area contributed by atoms with Crippen LogP contribution in [0, 0.1) is 0 Å². The van der Waals surface area contributed by atoms with Crippen LogP contribution >= 0.6 is 0 Å². The quantitative estimate of drug-likeness (QED) is 0.723. The van der Waals surface area contributed by atoms with E-state index in [-0.39, 0.29) is 12.1 Å². The highest BCUT2D eigenvalue weighted by Gasteiger charge is 2.39. The molecule has 0 spiro atoms. The fourth-order valence-corrected chi connectivity index (χ4v) is 6.17. The molecule has 0 aromatic heterocycles. The first kappa shape index (κ1) is 21.6. The number of rotatable bonds is 6. The molecule has 0 amide bonds. The minimum absolute atomic E-state index is 0.0190. The van der Waals surface area contributed by atoms with Crippen molar-refractivity contribution in [2.24, 2.45) is 0 Å².